The van der Waals surface area contributed by atoms with Gasteiger partial charge in [0.25, 0.3) is 0 Å². The Bertz CT molecular complexity index is 574. The van der Waals surface area contributed by atoms with Gasteiger partial charge in [0.2, 0.25) is 0 Å². The molecule has 0 aromatic heterocycles. The van der Waals surface area contributed by atoms with Crippen LogP contribution < -0.4 is 0 Å². The minimum absolute atomic E-state index is 0.968. The lowest BCUT2D eigenvalue weighted by Gasteiger charge is -2.26. The zero-order valence-corrected chi connectivity index (χ0v) is 12.9. The quantitative estimate of drug-likeness (QED) is 0.648. The highest BCUT2D eigenvalue weighted by molar-refractivity contribution is 5.83. The summed E-state index contributed by atoms with van der Waals surface area (Å²) in [4.78, 5) is 0. The largest absolute Gasteiger partial charge is 0.0625 e. The lowest BCUT2D eigenvalue weighted by atomic mass is 9.80. The van der Waals surface area contributed by atoms with Crippen LogP contribution in [0.5, 0.6) is 0 Å². The van der Waals surface area contributed by atoms with Crippen molar-refractivity contribution in [3.8, 4) is 0 Å². The van der Waals surface area contributed by atoms with Crippen LogP contribution in [0.3, 0.4) is 0 Å². The van der Waals surface area contributed by atoms with Crippen molar-refractivity contribution >= 4 is 10.8 Å². The molecule has 1 aliphatic carbocycles. The average molecular weight is 266 g/mol. The molecule has 1 aliphatic rings. The van der Waals surface area contributed by atoms with Crippen molar-refractivity contribution in [1.29, 1.82) is 0 Å². The molecule has 0 atom stereocenters. The third-order valence-corrected chi connectivity index (χ3v) is 5.04. The number of fused-ring (bicyclic) bond motifs is 1. The Morgan fingerprint density at radius 3 is 2.40 bits per heavy atom. The highest BCUT2D eigenvalue weighted by Crippen LogP contribution is 2.31. The Labute approximate surface area is 123 Å². The number of hydrogen-bond donors (Lipinski definition) is 0. The van der Waals surface area contributed by atoms with Crippen molar-refractivity contribution in [2.75, 3.05) is 0 Å². The van der Waals surface area contributed by atoms with Crippen molar-refractivity contribution in [2.45, 2.75) is 52.4 Å². The zero-order chi connectivity index (χ0) is 13.9. The van der Waals surface area contributed by atoms with Gasteiger partial charge < -0.3 is 0 Å². The van der Waals surface area contributed by atoms with E-state index in [9.17, 15) is 0 Å². The van der Waals surface area contributed by atoms with Gasteiger partial charge in [-0.3, -0.25) is 0 Å². The number of rotatable bonds is 3. The van der Waals surface area contributed by atoms with Gasteiger partial charge in [0.1, 0.15) is 0 Å². The van der Waals surface area contributed by atoms with Crippen molar-refractivity contribution in [2.24, 2.45) is 11.8 Å². The lowest BCUT2D eigenvalue weighted by Crippen LogP contribution is -2.12. The van der Waals surface area contributed by atoms with Gasteiger partial charge in [-0.2, -0.15) is 0 Å². The Kier molecular flexibility index (Phi) is 4.10. The summed E-state index contributed by atoms with van der Waals surface area (Å²) in [6, 6.07) is 13.8. The summed E-state index contributed by atoms with van der Waals surface area (Å²) in [6.45, 7) is 4.57. The maximum atomic E-state index is 2.40. The molecule has 0 bridgehead atoms. The Morgan fingerprint density at radius 2 is 1.60 bits per heavy atom. The monoisotopic (exact) mass is 266 g/mol. The van der Waals surface area contributed by atoms with E-state index in [0.29, 0.717) is 0 Å². The molecule has 0 spiro atoms. The molecular weight excluding hydrogens is 240 g/mol. The van der Waals surface area contributed by atoms with Gasteiger partial charge in [-0.15, -0.1) is 0 Å². The van der Waals surface area contributed by atoms with Gasteiger partial charge in [0.05, 0.1) is 0 Å². The fraction of sp³-hybridized carbons (Fsp3) is 0.500. The SMILES string of the molecule is Cc1ccc2cc(CCC3CCC(C)CC3)ccc2c1. The van der Waals surface area contributed by atoms with E-state index in [0.717, 1.165) is 11.8 Å². The fourth-order valence-electron chi connectivity index (χ4n) is 3.56. The molecule has 1 saturated carbocycles. The molecule has 0 heterocycles. The first kappa shape index (κ1) is 13.7. The second-order valence-corrected chi connectivity index (χ2v) is 6.85. The van der Waals surface area contributed by atoms with Crippen LogP contribution in [0.15, 0.2) is 36.4 Å². The predicted molar refractivity (Wildman–Crippen MR) is 88.1 cm³/mol. The zero-order valence-electron chi connectivity index (χ0n) is 12.9. The summed E-state index contributed by atoms with van der Waals surface area (Å²) in [5, 5.41) is 2.77. The highest BCUT2D eigenvalue weighted by atomic mass is 14.2. The smallest absolute Gasteiger partial charge is 0.0181 e. The van der Waals surface area contributed by atoms with E-state index in [-0.39, 0.29) is 0 Å². The number of aryl methyl sites for hydroxylation is 2. The van der Waals surface area contributed by atoms with Crippen LogP contribution >= 0.6 is 0 Å². The summed E-state index contributed by atoms with van der Waals surface area (Å²) < 4.78 is 0. The second kappa shape index (κ2) is 5.99. The van der Waals surface area contributed by atoms with Crippen LogP contribution in [0.1, 0.15) is 50.2 Å². The summed E-state index contributed by atoms with van der Waals surface area (Å²) in [5.74, 6) is 1.94. The number of benzene rings is 2. The fourth-order valence-corrected chi connectivity index (χ4v) is 3.56. The first-order valence-corrected chi connectivity index (χ1v) is 8.20. The molecule has 2 aromatic carbocycles. The summed E-state index contributed by atoms with van der Waals surface area (Å²) in [7, 11) is 0. The van der Waals surface area contributed by atoms with Crippen molar-refractivity contribution < 1.29 is 0 Å². The first-order chi connectivity index (χ1) is 9.70. The van der Waals surface area contributed by atoms with E-state index in [1.54, 1.807) is 0 Å². The molecule has 3 rings (SSSR count). The molecule has 0 heteroatoms. The van der Waals surface area contributed by atoms with Gasteiger partial charge in [-0.1, -0.05) is 74.6 Å². The molecule has 106 valence electrons. The van der Waals surface area contributed by atoms with Crippen molar-refractivity contribution in [3.63, 3.8) is 0 Å². The second-order valence-electron chi connectivity index (χ2n) is 6.85. The molecule has 0 saturated heterocycles. The molecule has 1 fully saturated rings. The van der Waals surface area contributed by atoms with Crippen LogP contribution in [0.4, 0.5) is 0 Å². The molecule has 2 aromatic rings. The number of hydrogen-bond acceptors (Lipinski definition) is 0. The summed E-state index contributed by atoms with van der Waals surface area (Å²) >= 11 is 0. The minimum Gasteiger partial charge on any atom is -0.0625 e. The molecule has 0 nitrogen and oxygen atoms in total. The molecule has 0 aliphatic heterocycles. The topological polar surface area (TPSA) is 0 Å². The third-order valence-electron chi connectivity index (χ3n) is 5.04. The molecular formula is C20H26. The Hall–Kier alpha value is -1.30. The minimum atomic E-state index is 0.968. The van der Waals surface area contributed by atoms with E-state index < -0.39 is 0 Å². The lowest BCUT2D eigenvalue weighted by molar-refractivity contribution is 0.278. The summed E-state index contributed by atoms with van der Waals surface area (Å²) in [5.41, 5.74) is 2.86. The van der Waals surface area contributed by atoms with Crippen LogP contribution in [0, 0.1) is 18.8 Å². The van der Waals surface area contributed by atoms with Crippen LogP contribution in [-0.2, 0) is 6.42 Å². The Balaban J connectivity index is 1.64. The Morgan fingerprint density at radius 1 is 0.900 bits per heavy atom. The maximum Gasteiger partial charge on any atom is -0.0181 e. The molecule has 0 unspecified atom stereocenters. The first-order valence-electron chi connectivity index (χ1n) is 8.20. The van der Waals surface area contributed by atoms with E-state index in [2.05, 4.69) is 50.2 Å². The van der Waals surface area contributed by atoms with E-state index in [1.807, 2.05) is 0 Å². The van der Waals surface area contributed by atoms with E-state index >= 15 is 0 Å². The van der Waals surface area contributed by atoms with Crippen molar-refractivity contribution in [1.82, 2.24) is 0 Å². The van der Waals surface area contributed by atoms with Gasteiger partial charge in [0, 0.05) is 0 Å². The van der Waals surface area contributed by atoms with Gasteiger partial charge in [-0.05, 0) is 47.9 Å². The molecule has 0 amide bonds. The van der Waals surface area contributed by atoms with Gasteiger partial charge >= 0.3 is 0 Å². The van der Waals surface area contributed by atoms with E-state index in [1.165, 1.54) is 60.4 Å². The van der Waals surface area contributed by atoms with E-state index in [4.69, 9.17) is 0 Å². The average Bonchev–Trinajstić information content (AvgIpc) is 2.46. The maximum absolute atomic E-state index is 2.40. The van der Waals surface area contributed by atoms with Crippen molar-refractivity contribution in [3.05, 3.63) is 47.5 Å². The van der Waals surface area contributed by atoms with Crippen LogP contribution in [0.2, 0.25) is 0 Å². The normalized spacial score (nSPS) is 23.1. The van der Waals surface area contributed by atoms with Gasteiger partial charge in [0.15, 0.2) is 0 Å². The molecule has 0 N–H and O–H groups in total. The molecule has 20 heavy (non-hydrogen) atoms. The molecule has 0 radical (unpaired) electrons. The third kappa shape index (κ3) is 3.23. The van der Waals surface area contributed by atoms with Gasteiger partial charge in [-0.25, -0.2) is 0 Å². The predicted octanol–water partition coefficient (Wildman–Crippen LogP) is 5.91. The highest BCUT2D eigenvalue weighted by Gasteiger charge is 2.17. The summed E-state index contributed by atoms with van der Waals surface area (Å²) in [6.07, 6.45) is 8.43. The standard InChI is InChI=1S/C20H26/c1-15-3-6-17(7-4-15)8-9-18-10-12-19-13-16(2)5-11-20(19)14-18/h5,10-15,17H,3-4,6-9H2,1-2H3. The van der Waals surface area contributed by atoms with Crippen LogP contribution in [-0.4, -0.2) is 0 Å². The van der Waals surface area contributed by atoms with Crippen LogP contribution in [0.25, 0.3) is 10.8 Å².